The molecule has 0 unspecified atom stereocenters. The number of anilines is 3. The van der Waals surface area contributed by atoms with Gasteiger partial charge in [-0.05, 0) is 38.5 Å². The summed E-state index contributed by atoms with van der Waals surface area (Å²) in [6.45, 7) is 11.4. The fraction of sp³-hybridized carbons (Fsp3) is 0.621. The van der Waals surface area contributed by atoms with Crippen molar-refractivity contribution in [2.75, 3.05) is 56.2 Å². The van der Waals surface area contributed by atoms with Crippen molar-refractivity contribution in [2.24, 2.45) is 11.8 Å². The summed E-state index contributed by atoms with van der Waals surface area (Å²) in [7, 11) is 0. The highest BCUT2D eigenvalue weighted by Gasteiger charge is 2.47. The average Bonchev–Trinajstić information content (AvgIpc) is 3.20. The fourth-order valence-electron chi connectivity index (χ4n) is 5.64. The molecular weight excluding hydrogens is 568 g/mol. The van der Waals surface area contributed by atoms with Gasteiger partial charge in [0, 0.05) is 63.3 Å². The number of halogens is 3. The number of ether oxygens (including phenoxy) is 1. The summed E-state index contributed by atoms with van der Waals surface area (Å²) in [5, 5.41) is 13.9. The lowest BCUT2D eigenvalue weighted by Crippen LogP contribution is -2.52. The first-order chi connectivity index (χ1) is 19.8. The maximum atomic E-state index is 14.4. The number of hydrogen-bond donors (Lipinski definition) is 2. The number of aryl methyl sites for hydroxylation is 1. The van der Waals surface area contributed by atoms with Gasteiger partial charge in [0.1, 0.15) is 5.02 Å². The SMILES string of the molecule is C[C@@H]1CN(c2ncc(Cl)c(Nc3ccc4c(c3)n(CCC(C)(C)O)c(=O)n4CCN3CCOCC3)n2)C[C@H](C)C1(F)F. The largest absolute Gasteiger partial charge is 0.390 e. The van der Waals surface area contributed by atoms with Crippen LogP contribution in [0.15, 0.2) is 29.2 Å². The number of fused-ring (bicyclic) bond motifs is 1. The summed E-state index contributed by atoms with van der Waals surface area (Å²) in [6.07, 6.45) is 1.87. The van der Waals surface area contributed by atoms with Crippen LogP contribution in [0.5, 0.6) is 0 Å². The maximum absolute atomic E-state index is 14.4. The summed E-state index contributed by atoms with van der Waals surface area (Å²) in [4.78, 5) is 26.6. The highest BCUT2D eigenvalue weighted by atomic mass is 35.5. The third-order valence-electron chi connectivity index (χ3n) is 8.29. The zero-order chi connectivity index (χ0) is 30.2. The number of aromatic nitrogens is 4. The van der Waals surface area contributed by atoms with E-state index in [-0.39, 0.29) is 23.8 Å². The van der Waals surface area contributed by atoms with Crippen molar-refractivity contribution in [1.29, 1.82) is 0 Å². The number of piperidine rings is 1. The van der Waals surface area contributed by atoms with E-state index in [1.807, 2.05) is 18.2 Å². The number of benzene rings is 1. The van der Waals surface area contributed by atoms with Crippen molar-refractivity contribution in [1.82, 2.24) is 24.0 Å². The van der Waals surface area contributed by atoms with Crippen LogP contribution < -0.4 is 15.9 Å². The molecule has 0 radical (unpaired) electrons. The van der Waals surface area contributed by atoms with Crippen molar-refractivity contribution in [2.45, 2.75) is 58.7 Å². The van der Waals surface area contributed by atoms with Crippen LogP contribution in [0.1, 0.15) is 34.1 Å². The second-order valence-corrected chi connectivity index (χ2v) is 12.6. The number of imidazole rings is 1. The first kappa shape index (κ1) is 30.7. The Hall–Kier alpha value is -2.80. The van der Waals surface area contributed by atoms with E-state index < -0.39 is 23.4 Å². The molecule has 0 amide bonds. The molecule has 2 aliphatic heterocycles. The van der Waals surface area contributed by atoms with Crippen molar-refractivity contribution in [3.05, 3.63) is 39.9 Å². The highest BCUT2D eigenvalue weighted by Crippen LogP contribution is 2.39. The molecule has 2 fully saturated rings. The van der Waals surface area contributed by atoms with E-state index in [0.717, 1.165) is 30.7 Å². The van der Waals surface area contributed by atoms with Crippen LogP contribution in [0.25, 0.3) is 11.0 Å². The third-order valence-corrected chi connectivity index (χ3v) is 8.57. The monoisotopic (exact) mass is 607 g/mol. The topological polar surface area (TPSA) is 101 Å². The van der Waals surface area contributed by atoms with Gasteiger partial charge < -0.3 is 20.1 Å². The van der Waals surface area contributed by atoms with Gasteiger partial charge in [-0.15, -0.1) is 0 Å². The predicted octanol–water partition coefficient (Wildman–Crippen LogP) is 4.21. The van der Waals surface area contributed by atoms with Crippen LogP contribution in [0.4, 0.5) is 26.2 Å². The zero-order valence-electron chi connectivity index (χ0n) is 24.6. The number of nitrogens with one attached hydrogen (secondary N) is 1. The van der Waals surface area contributed by atoms with Crippen LogP contribution in [-0.4, -0.2) is 86.6 Å². The van der Waals surface area contributed by atoms with Crippen LogP contribution in [0.2, 0.25) is 5.02 Å². The van der Waals surface area contributed by atoms with E-state index in [4.69, 9.17) is 16.3 Å². The molecule has 230 valence electrons. The number of rotatable bonds is 9. The van der Waals surface area contributed by atoms with Gasteiger partial charge in [0.25, 0.3) is 5.92 Å². The van der Waals surface area contributed by atoms with Gasteiger partial charge in [-0.2, -0.15) is 4.98 Å². The van der Waals surface area contributed by atoms with Gasteiger partial charge in [-0.25, -0.2) is 18.6 Å². The van der Waals surface area contributed by atoms with E-state index in [1.165, 1.54) is 20.0 Å². The standard InChI is InChI=1S/C29H40ClF2N7O3/c1-19-17-37(18-20(2)29(19,31)32)26-33-16-22(30)25(35-26)34-21-5-6-23-24(15-21)38(8-7-28(3,4)41)27(40)39(23)10-9-36-11-13-42-14-12-36/h5-6,15-16,19-20,41H,7-14,17-18H2,1-4H3,(H,33,34,35)/t19-,20+. The number of aliphatic hydroxyl groups is 1. The molecule has 2 aliphatic rings. The lowest BCUT2D eigenvalue weighted by atomic mass is 9.87. The number of hydrogen-bond acceptors (Lipinski definition) is 8. The summed E-state index contributed by atoms with van der Waals surface area (Å²) >= 11 is 6.45. The molecular formula is C29H40ClF2N7O3. The Morgan fingerprint density at radius 3 is 2.43 bits per heavy atom. The molecule has 2 atom stereocenters. The lowest BCUT2D eigenvalue weighted by Gasteiger charge is -2.41. The van der Waals surface area contributed by atoms with Crippen molar-refractivity contribution >= 4 is 40.1 Å². The normalized spacial score (nSPS) is 21.7. The molecule has 13 heteroatoms. The quantitative estimate of drug-likeness (QED) is 0.373. The van der Waals surface area contributed by atoms with Gasteiger partial charge in [-0.1, -0.05) is 25.4 Å². The molecule has 2 aromatic heterocycles. The second-order valence-electron chi connectivity index (χ2n) is 12.2. The van der Waals surface area contributed by atoms with Gasteiger partial charge in [-0.3, -0.25) is 14.0 Å². The first-order valence-corrected chi connectivity index (χ1v) is 14.9. The number of alkyl halides is 2. The number of nitrogens with zero attached hydrogens (tertiary/aromatic N) is 6. The molecule has 4 heterocycles. The molecule has 3 aromatic rings. The summed E-state index contributed by atoms with van der Waals surface area (Å²) in [6, 6.07) is 5.62. The van der Waals surface area contributed by atoms with E-state index in [1.54, 1.807) is 27.9 Å². The molecule has 0 aliphatic carbocycles. The first-order valence-electron chi connectivity index (χ1n) is 14.5. The lowest BCUT2D eigenvalue weighted by molar-refractivity contribution is -0.105. The molecule has 5 rings (SSSR count). The zero-order valence-corrected chi connectivity index (χ0v) is 25.4. The Kier molecular flexibility index (Phi) is 8.80. The van der Waals surface area contributed by atoms with E-state index in [0.29, 0.717) is 50.2 Å². The summed E-state index contributed by atoms with van der Waals surface area (Å²) < 4.78 is 37.8. The van der Waals surface area contributed by atoms with Crippen LogP contribution >= 0.6 is 11.6 Å². The van der Waals surface area contributed by atoms with E-state index in [9.17, 15) is 18.7 Å². The highest BCUT2D eigenvalue weighted by molar-refractivity contribution is 6.32. The Balaban J connectivity index is 1.43. The summed E-state index contributed by atoms with van der Waals surface area (Å²) in [5.74, 6) is -3.76. The second kappa shape index (κ2) is 12.1. The van der Waals surface area contributed by atoms with Crippen LogP contribution in [0.3, 0.4) is 0 Å². The van der Waals surface area contributed by atoms with Gasteiger partial charge in [0.05, 0.1) is 36.0 Å². The molecule has 10 nitrogen and oxygen atoms in total. The van der Waals surface area contributed by atoms with Gasteiger partial charge in [0.15, 0.2) is 5.82 Å². The Bertz CT molecular complexity index is 1450. The third kappa shape index (κ3) is 6.56. The Morgan fingerprint density at radius 2 is 1.76 bits per heavy atom. The smallest absolute Gasteiger partial charge is 0.329 e. The summed E-state index contributed by atoms with van der Waals surface area (Å²) in [5.41, 5.74) is 1.11. The molecule has 1 aromatic carbocycles. The van der Waals surface area contributed by atoms with E-state index in [2.05, 4.69) is 20.2 Å². The minimum Gasteiger partial charge on any atom is -0.390 e. The van der Waals surface area contributed by atoms with Crippen LogP contribution in [0, 0.1) is 11.8 Å². The molecule has 2 saturated heterocycles. The van der Waals surface area contributed by atoms with Crippen molar-refractivity contribution < 1.29 is 18.6 Å². The fourth-order valence-corrected chi connectivity index (χ4v) is 5.78. The van der Waals surface area contributed by atoms with Gasteiger partial charge >= 0.3 is 5.69 Å². The van der Waals surface area contributed by atoms with Crippen LogP contribution in [-0.2, 0) is 17.8 Å². The molecule has 0 bridgehead atoms. The Morgan fingerprint density at radius 1 is 1.10 bits per heavy atom. The predicted molar refractivity (Wildman–Crippen MR) is 160 cm³/mol. The minimum atomic E-state index is -2.75. The van der Waals surface area contributed by atoms with E-state index >= 15 is 0 Å². The molecule has 0 saturated carbocycles. The number of morpholine rings is 1. The maximum Gasteiger partial charge on any atom is 0.329 e. The average molecular weight is 608 g/mol. The van der Waals surface area contributed by atoms with Gasteiger partial charge in [0.2, 0.25) is 5.95 Å². The molecule has 0 spiro atoms. The Labute approximate surface area is 249 Å². The molecule has 2 N–H and O–H groups in total. The van der Waals surface area contributed by atoms with Crippen molar-refractivity contribution in [3.8, 4) is 0 Å². The minimum absolute atomic E-state index is 0.132. The molecule has 42 heavy (non-hydrogen) atoms. The van der Waals surface area contributed by atoms with Crippen molar-refractivity contribution in [3.63, 3.8) is 0 Å².